The first-order chi connectivity index (χ1) is 11.5. The number of anilines is 2. The lowest BCUT2D eigenvalue weighted by Crippen LogP contribution is -2.14. The Morgan fingerprint density at radius 1 is 1.17 bits per heavy atom. The first-order valence-corrected chi connectivity index (χ1v) is 7.88. The Bertz CT molecular complexity index is 799. The number of rotatable bonds is 5. The van der Waals surface area contributed by atoms with Crippen LogP contribution in [0.5, 0.6) is 0 Å². The maximum atomic E-state index is 12.2. The van der Waals surface area contributed by atoms with Crippen molar-refractivity contribution in [3.05, 3.63) is 70.9 Å². The lowest BCUT2D eigenvalue weighted by molar-refractivity contribution is -0.112. The highest BCUT2D eigenvalue weighted by atomic mass is 16.1. The van der Waals surface area contributed by atoms with Crippen molar-refractivity contribution in [3.8, 4) is 6.07 Å². The SMILES string of the molecule is CCc1cccc(C)c1N/C=C(/C#N)C(=O)Nc1ccc(C)cc1. The molecule has 0 heterocycles. The fraction of sp³-hybridized carbons (Fsp3) is 0.200. The molecule has 4 heteroatoms. The minimum atomic E-state index is -0.430. The van der Waals surface area contributed by atoms with Gasteiger partial charge in [-0.1, -0.05) is 42.8 Å². The Hall–Kier alpha value is -3.06. The summed E-state index contributed by atoms with van der Waals surface area (Å²) in [5.74, 6) is -0.430. The second-order valence-electron chi connectivity index (χ2n) is 5.60. The van der Waals surface area contributed by atoms with Crippen LogP contribution in [-0.2, 0) is 11.2 Å². The van der Waals surface area contributed by atoms with E-state index in [-0.39, 0.29) is 5.57 Å². The molecule has 2 N–H and O–H groups in total. The van der Waals surface area contributed by atoms with Gasteiger partial charge < -0.3 is 10.6 Å². The molecule has 0 fully saturated rings. The third-order valence-corrected chi connectivity index (χ3v) is 3.78. The van der Waals surface area contributed by atoms with Crippen LogP contribution >= 0.6 is 0 Å². The van der Waals surface area contributed by atoms with E-state index in [1.807, 2.05) is 62.4 Å². The highest BCUT2D eigenvalue weighted by molar-refractivity contribution is 6.06. The van der Waals surface area contributed by atoms with Gasteiger partial charge in [-0.25, -0.2) is 0 Å². The standard InChI is InChI=1S/C20H21N3O/c1-4-16-7-5-6-15(3)19(16)22-13-17(12-21)20(24)23-18-10-8-14(2)9-11-18/h5-11,13,22H,4H2,1-3H3,(H,23,24)/b17-13-. The molecule has 1 amide bonds. The third-order valence-electron chi connectivity index (χ3n) is 3.78. The number of nitrogens with one attached hydrogen (secondary N) is 2. The molecule has 0 aliphatic rings. The molecule has 2 aromatic carbocycles. The second kappa shape index (κ2) is 7.98. The molecule has 0 aromatic heterocycles. The molecule has 0 aliphatic heterocycles. The summed E-state index contributed by atoms with van der Waals surface area (Å²) < 4.78 is 0. The predicted molar refractivity (Wildman–Crippen MR) is 97.7 cm³/mol. The van der Waals surface area contributed by atoms with Crippen molar-refractivity contribution in [1.82, 2.24) is 0 Å². The summed E-state index contributed by atoms with van der Waals surface area (Å²) in [4.78, 5) is 12.2. The monoisotopic (exact) mass is 319 g/mol. The summed E-state index contributed by atoms with van der Waals surface area (Å²) in [7, 11) is 0. The summed E-state index contributed by atoms with van der Waals surface area (Å²) in [6.07, 6.45) is 2.33. The number of hydrogen-bond donors (Lipinski definition) is 2. The van der Waals surface area contributed by atoms with Crippen molar-refractivity contribution in [1.29, 1.82) is 5.26 Å². The molecule has 4 nitrogen and oxygen atoms in total. The first-order valence-electron chi connectivity index (χ1n) is 7.88. The maximum Gasteiger partial charge on any atom is 0.267 e. The Balaban J connectivity index is 2.16. The average Bonchev–Trinajstić information content (AvgIpc) is 2.58. The number of aryl methyl sites for hydroxylation is 3. The highest BCUT2D eigenvalue weighted by Gasteiger charge is 2.10. The van der Waals surface area contributed by atoms with Crippen LogP contribution in [0.4, 0.5) is 11.4 Å². The van der Waals surface area contributed by atoms with Gasteiger partial charge in [-0.05, 0) is 43.5 Å². The molecular formula is C20H21N3O. The second-order valence-corrected chi connectivity index (χ2v) is 5.60. The van der Waals surface area contributed by atoms with Gasteiger partial charge in [0.2, 0.25) is 0 Å². The number of nitrogens with zero attached hydrogens (tertiary/aromatic N) is 1. The first kappa shape index (κ1) is 17.3. The van der Waals surface area contributed by atoms with Crippen LogP contribution in [0, 0.1) is 25.2 Å². The summed E-state index contributed by atoms with van der Waals surface area (Å²) in [6, 6.07) is 15.4. The van der Waals surface area contributed by atoms with Gasteiger partial charge in [0.1, 0.15) is 11.6 Å². The van der Waals surface area contributed by atoms with E-state index < -0.39 is 5.91 Å². The molecule has 0 saturated heterocycles. The van der Waals surface area contributed by atoms with E-state index in [2.05, 4.69) is 17.6 Å². The van der Waals surface area contributed by atoms with Gasteiger partial charge in [-0.2, -0.15) is 5.26 Å². The van der Waals surface area contributed by atoms with Gasteiger partial charge in [0.25, 0.3) is 5.91 Å². The van der Waals surface area contributed by atoms with Gasteiger partial charge in [-0.15, -0.1) is 0 Å². The van der Waals surface area contributed by atoms with Gasteiger partial charge in [-0.3, -0.25) is 4.79 Å². The molecule has 0 spiro atoms. The lowest BCUT2D eigenvalue weighted by atomic mass is 10.1. The zero-order valence-electron chi connectivity index (χ0n) is 14.2. The van der Waals surface area contributed by atoms with Gasteiger partial charge in [0.05, 0.1) is 0 Å². The van der Waals surface area contributed by atoms with Crippen LogP contribution in [0.25, 0.3) is 0 Å². The van der Waals surface area contributed by atoms with E-state index in [0.717, 1.165) is 28.8 Å². The third kappa shape index (κ3) is 4.23. The molecule has 24 heavy (non-hydrogen) atoms. The largest absolute Gasteiger partial charge is 0.360 e. The van der Waals surface area contributed by atoms with E-state index >= 15 is 0 Å². The van der Waals surface area contributed by atoms with Crippen molar-refractivity contribution >= 4 is 17.3 Å². The van der Waals surface area contributed by atoms with Crippen LogP contribution in [-0.4, -0.2) is 5.91 Å². The zero-order chi connectivity index (χ0) is 17.5. The van der Waals surface area contributed by atoms with Crippen molar-refractivity contribution in [2.24, 2.45) is 0 Å². The maximum absolute atomic E-state index is 12.2. The number of hydrogen-bond acceptors (Lipinski definition) is 3. The normalized spacial score (nSPS) is 10.8. The summed E-state index contributed by atoms with van der Waals surface area (Å²) in [5.41, 5.74) is 4.95. The Morgan fingerprint density at radius 3 is 2.50 bits per heavy atom. The number of benzene rings is 2. The quantitative estimate of drug-likeness (QED) is 0.637. The molecule has 0 unspecified atom stereocenters. The molecule has 122 valence electrons. The molecule has 0 saturated carbocycles. The van der Waals surface area contributed by atoms with Gasteiger partial charge in [0.15, 0.2) is 0 Å². The summed E-state index contributed by atoms with van der Waals surface area (Å²) >= 11 is 0. The molecular weight excluding hydrogens is 298 g/mol. The lowest BCUT2D eigenvalue weighted by Gasteiger charge is -2.11. The number of nitriles is 1. The Morgan fingerprint density at radius 2 is 1.88 bits per heavy atom. The van der Waals surface area contributed by atoms with Crippen LogP contribution in [0.15, 0.2) is 54.2 Å². The van der Waals surface area contributed by atoms with Crippen molar-refractivity contribution in [3.63, 3.8) is 0 Å². The minimum absolute atomic E-state index is 0.0286. The number of para-hydroxylation sites is 1. The van der Waals surface area contributed by atoms with Crippen LogP contribution < -0.4 is 10.6 Å². The molecule has 2 rings (SSSR count). The van der Waals surface area contributed by atoms with Gasteiger partial charge in [0, 0.05) is 17.6 Å². The van der Waals surface area contributed by atoms with E-state index in [0.29, 0.717) is 5.69 Å². The fourth-order valence-electron chi connectivity index (χ4n) is 2.36. The number of carbonyl (C=O) groups excluding carboxylic acids is 1. The minimum Gasteiger partial charge on any atom is -0.360 e. The fourth-order valence-corrected chi connectivity index (χ4v) is 2.36. The number of carbonyl (C=O) groups is 1. The van der Waals surface area contributed by atoms with Crippen LogP contribution in [0.1, 0.15) is 23.6 Å². The van der Waals surface area contributed by atoms with E-state index in [1.54, 1.807) is 0 Å². The molecule has 0 bridgehead atoms. The topological polar surface area (TPSA) is 64.9 Å². The Kier molecular flexibility index (Phi) is 5.75. The van der Waals surface area contributed by atoms with E-state index in [1.165, 1.54) is 6.20 Å². The van der Waals surface area contributed by atoms with Crippen LogP contribution in [0.3, 0.4) is 0 Å². The van der Waals surface area contributed by atoms with Crippen LogP contribution in [0.2, 0.25) is 0 Å². The summed E-state index contributed by atoms with van der Waals surface area (Å²) in [5, 5.41) is 15.1. The highest BCUT2D eigenvalue weighted by Crippen LogP contribution is 2.21. The van der Waals surface area contributed by atoms with Crippen molar-refractivity contribution in [2.45, 2.75) is 27.2 Å². The summed E-state index contributed by atoms with van der Waals surface area (Å²) in [6.45, 7) is 6.04. The van der Waals surface area contributed by atoms with Crippen molar-refractivity contribution in [2.75, 3.05) is 10.6 Å². The van der Waals surface area contributed by atoms with E-state index in [4.69, 9.17) is 0 Å². The van der Waals surface area contributed by atoms with Crippen molar-refractivity contribution < 1.29 is 4.79 Å². The molecule has 0 aliphatic carbocycles. The molecule has 0 radical (unpaired) electrons. The smallest absolute Gasteiger partial charge is 0.267 e. The van der Waals surface area contributed by atoms with E-state index in [9.17, 15) is 10.1 Å². The molecule has 2 aromatic rings. The average molecular weight is 319 g/mol. The number of amides is 1. The van der Waals surface area contributed by atoms with Gasteiger partial charge >= 0.3 is 0 Å². The zero-order valence-corrected chi connectivity index (χ0v) is 14.2. The predicted octanol–water partition coefficient (Wildman–Crippen LogP) is 4.32. The Labute approximate surface area is 142 Å². The molecule has 0 atom stereocenters.